The number of nitro benzene ring substituents is 1. The van der Waals surface area contributed by atoms with Gasteiger partial charge in [-0.1, -0.05) is 12.1 Å². The molecule has 102 valence electrons. The fraction of sp³-hybridized carbons (Fsp3) is 0.143. The summed E-state index contributed by atoms with van der Waals surface area (Å²) in [6.07, 6.45) is 0. The van der Waals surface area contributed by atoms with Crippen LogP contribution in [0.5, 0.6) is 0 Å². The third kappa shape index (κ3) is 1.80. The largest absolute Gasteiger partial charge is 0.340 e. The van der Waals surface area contributed by atoms with E-state index in [9.17, 15) is 14.3 Å². The number of benzene rings is 2. The second-order valence-corrected chi connectivity index (χ2v) is 5.81. The minimum atomic E-state index is -1.39. The Balaban J connectivity index is 2.25. The second-order valence-electron chi connectivity index (χ2n) is 4.39. The van der Waals surface area contributed by atoms with E-state index in [4.69, 9.17) is 0 Å². The highest BCUT2D eigenvalue weighted by Crippen LogP contribution is 2.42. The first kappa shape index (κ1) is 12.8. The zero-order valence-electron chi connectivity index (χ0n) is 10.8. The maximum absolute atomic E-state index is 12.6. The van der Waals surface area contributed by atoms with Crippen LogP contribution in [0, 0.1) is 10.1 Å². The van der Waals surface area contributed by atoms with Crippen LogP contribution in [0.4, 0.5) is 17.1 Å². The summed E-state index contributed by atoms with van der Waals surface area (Å²) in [6, 6.07) is 12.0. The molecule has 3 rings (SSSR count). The lowest BCUT2D eigenvalue weighted by atomic mass is 10.2. The molecule has 1 aliphatic heterocycles. The molecular weight excluding hydrogens is 276 g/mol. The van der Waals surface area contributed by atoms with Gasteiger partial charge in [-0.2, -0.15) is 0 Å². The molecule has 0 spiro atoms. The van der Waals surface area contributed by atoms with E-state index >= 15 is 0 Å². The van der Waals surface area contributed by atoms with Crippen LogP contribution in [0.15, 0.2) is 52.3 Å². The second kappa shape index (κ2) is 4.72. The van der Waals surface area contributed by atoms with Crippen LogP contribution in [0.25, 0.3) is 0 Å². The molecule has 6 heteroatoms. The van der Waals surface area contributed by atoms with Crippen LogP contribution in [0.2, 0.25) is 0 Å². The van der Waals surface area contributed by atoms with E-state index in [1.54, 1.807) is 12.1 Å². The Morgan fingerprint density at radius 2 is 1.85 bits per heavy atom. The van der Waals surface area contributed by atoms with Gasteiger partial charge in [-0.25, -0.2) is 4.21 Å². The molecule has 0 radical (unpaired) electrons. The van der Waals surface area contributed by atoms with Gasteiger partial charge >= 0.3 is 0 Å². The number of fused-ring (bicyclic) bond motifs is 2. The summed E-state index contributed by atoms with van der Waals surface area (Å²) >= 11 is 0. The van der Waals surface area contributed by atoms with Gasteiger partial charge in [0, 0.05) is 18.7 Å². The lowest BCUT2D eigenvalue weighted by Crippen LogP contribution is -2.23. The van der Waals surface area contributed by atoms with Crippen LogP contribution < -0.4 is 4.90 Å². The van der Waals surface area contributed by atoms with Gasteiger partial charge < -0.3 is 4.90 Å². The van der Waals surface area contributed by atoms with E-state index in [-0.39, 0.29) is 5.69 Å². The Hall–Kier alpha value is -2.21. The Morgan fingerprint density at radius 1 is 1.15 bits per heavy atom. The van der Waals surface area contributed by atoms with Crippen molar-refractivity contribution in [1.82, 2.24) is 0 Å². The number of hydrogen-bond donors (Lipinski definition) is 0. The van der Waals surface area contributed by atoms with Crippen molar-refractivity contribution in [2.75, 3.05) is 11.4 Å². The third-order valence-electron chi connectivity index (χ3n) is 3.32. The van der Waals surface area contributed by atoms with Crippen LogP contribution in [0.1, 0.15) is 6.92 Å². The van der Waals surface area contributed by atoms with Crippen molar-refractivity contribution in [3.8, 4) is 0 Å². The van der Waals surface area contributed by atoms with E-state index < -0.39 is 15.7 Å². The van der Waals surface area contributed by atoms with Crippen molar-refractivity contribution in [2.24, 2.45) is 0 Å². The maximum atomic E-state index is 12.6. The van der Waals surface area contributed by atoms with Gasteiger partial charge in [-0.3, -0.25) is 10.1 Å². The minimum absolute atomic E-state index is 0.0347. The fourth-order valence-corrected chi connectivity index (χ4v) is 3.82. The van der Waals surface area contributed by atoms with Crippen molar-refractivity contribution in [1.29, 1.82) is 0 Å². The predicted molar refractivity (Wildman–Crippen MR) is 76.9 cm³/mol. The van der Waals surface area contributed by atoms with Gasteiger partial charge in [0.2, 0.25) is 0 Å². The highest BCUT2D eigenvalue weighted by Gasteiger charge is 2.28. The van der Waals surface area contributed by atoms with E-state index in [2.05, 4.69) is 0 Å². The molecule has 5 nitrogen and oxygen atoms in total. The summed E-state index contributed by atoms with van der Waals surface area (Å²) in [5, 5.41) is 10.9. The fourth-order valence-electron chi connectivity index (χ4n) is 2.41. The summed E-state index contributed by atoms with van der Waals surface area (Å²) in [4.78, 5) is 13.6. The van der Waals surface area contributed by atoms with Crippen molar-refractivity contribution < 1.29 is 9.13 Å². The Morgan fingerprint density at radius 3 is 2.55 bits per heavy atom. The molecule has 0 saturated carbocycles. The van der Waals surface area contributed by atoms with Gasteiger partial charge in [-0.05, 0) is 25.1 Å². The predicted octanol–water partition coefficient (Wildman–Crippen LogP) is 3.23. The Labute approximate surface area is 118 Å². The zero-order valence-corrected chi connectivity index (χ0v) is 11.6. The van der Waals surface area contributed by atoms with E-state index in [1.807, 2.05) is 30.0 Å². The number of nitrogens with zero attached hydrogens (tertiary/aromatic N) is 2. The number of hydrogen-bond acceptors (Lipinski definition) is 4. The molecular formula is C14H12N2O3S. The normalized spacial score (nSPS) is 16.4. The lowest BCUT2D eigenvalue weighted by Gasteiger charge is -2.31. The molecule has 1 heterocycles. The van der Waals surface area contributed by atoms with Crippen LogP contribution in [0.3, 0.4) is 0 Å². The summed E-state index contributed by atoms with van der Waals surface area (Å²) in [5.41, 5.74) is 1.64. The minimum Gasteiger partial charge on any atom is -0.340 e. The Kier molecular flexibility index (Phi) is 3.02. The van der Waals surface area contributed by atoms with E-state index in [0.717, 1.165) is 11.4 Å². The molecule has 1 atom stereocenters. The zero-order chi connectivity index (χ0) is 14.3. The van der Waals surface area contributed by atoms with Crippen LogP contribution in [-0.4, -0.2) is 15.7 Å². The SMILES string of the molecule is CCN1c2ccccc2S(=O)c2cc([N+](=O)[O-])ccc21. The first-order valence-corrected chi connectivity index (χ1v) is 7.35. The van der Waals surface area contributed by atoms with Gasteiger partial charge in [-0.15, -0.1) is 0 Å². The number of para-hydroxylation sites is 1. The van der Waals surface area contributed by atoms with E-state index in [1.165, 1.54) is 12.1 Å². The number of anilines is 2. The summed E-state index contributed by atoms with van der Waals surface area (Å²) in [6.45, 7) is 2.70. The number of non-ortho nitro benzene ring substituents is 1. The molecule has 0 saturated heterocycles. The average Bonchev–Trinajstić information content (AvgIpc) is 2.47. The molecule has 1 unspecified atom stereocenters. The van der Waals surface area contributed by atoms with Gasteiger partial charge in [0.15, 0.2) is 0 Å². The van der Waals surface area contributed by atoms with Crippen molar-refractivity contribution in [2.45, 2.75) is 16.7 Å². The molecule has 0 amide bonds. The third-order valence-corrected chi connectivity index (χ3v) is 4.79. The van der Waals surface area contributed by atoms with Crippen LogP contribution >= 0.6 is 0 Å². The standard InChI is InChI=1S/C14H12N2O3S/c1-2-15-11-5-3-4-6-13(11)20(19)14-9-10(16(17)18)7-8-12(14)15/h3-9H,2H2,1H3. The summed E-state index contributed by atoms with van der Waals surface area (Å²) < 4.78 is 12.6. The molecule has 0 N–H and O–H groups in total. The summed E-state index contributed by atoms with van der Waals surface area (Å²) in [7, 11) is -1.39. The van der Waals surface area contributed by atoms with Crippen molar-refractivity contribution >= 4 is 27.9 Å². The summed E-state index contributed by atoms with van der Waals surface area (Å²) in [5.74, 6) is 0. The van der Waals surface area contributed by atoms with Gasteiger partial charge in [0.1, 0.15) is 0 Å². The number of nitro groups is 1. The van der Waals surface area contributed by atoms with Gasteiger partial charge in [0.05, 0.1) is 36.9 Å². The highest BCUT2D eigenvalue weighted by atomic mass is 32.2. The monoisotopic (exact) mass is 288 g/mol. The lowest BCUT2D eigenvalue weighted by molar-refractivity contribution is -0.385. The molecule has 2 aromatic carbocycles. The molecule has 0 aromatic heterocycles. The maximum Gasteiger partial charge on any atom is 0.270 e. The molecule has 0 bridgehead atoms. The van der Waals surface area contributed by atoms with E-state index in [0.29, 0.717) is 16.3 Å². The first-order valence-electron chi connectivity index (χ1n) is 6.20. The molecule has 1 aliphatic rings. The van der Waals surface area contributed by atoms with Crippen molar-refractivity contribution in [3.63, 3.8) is 0 Å². The molecule has 2 aromatic rings. The van der Waals surface area contributed by atoms with Gasteiger partial charge in [0.25, 0.3) is 5.69 Å². The quantitative estimate of drug-likeness (QED) is 0.628. The molecule has 0 fully saturated rings. The van der Waals surface area contributed by atoms with Crippen LogP contribution in [-0.2, 0) is 10.8 Å². The smallest absolute Gasteiger partial charge is 0.270 e. The highest BCUT2D eigenvalue weighted by molar-refractivity contribution is 7.85. The number of rotatable bonds is 2. The topological polar surface area (TPSA) is 63.5 Å². The molecule has 20 heavy (non-hydrogen) atoms. The first-order chi connectivity index (χ1) is 9.63. The average molecular weight is 288 g/mol. The molecule has 0 aliphatic carbocycles. The van der Waals surface area contributed by atoms with Crippen molar-refractivity contribution in [3.05, 3.63) is 52.6 Å². The Bertz CT molecular complexity index is 730.